The van der Waals surface area contributed by atoms with Gasteiger partial charge in [-0.05, 0) is 50.4 Å². The average Bonchev–Trinajstić information content (AvgIpc) is 4.02. The maximum Gasteiger partial charge on any atom is 0.116 e. The second-order valence-electron chi connectivity index (χ2n) is 21.6. The molecule has 0 aromatic heterocycles. The second-order valence-corrected chi connectivity index (χ2v) is 38.9. The average molecular weight is 1010 g/mol. The molecule has 366 valence electrons. The van der Waals surface area contributed by atoms with E-state index in [9.17, 15) is 0 Å². The van der Waals surface area contributed by atoms with Gasteiger partial charge in [-0.25, -0.2) is 0 Å². The molecule has 0 aliphatic carbocycles. The third-order valence-electron chi connectivity index (χ3n) is 17.4. The summed E-state index contributed by atoms with van der Waals surface area (Å²) >= 11 is 0. The van der Waals surface area contributed by atoms with E-state index in [1.54, 1.807) is 0 Å². The molecule has 72 heavy (non-hydrogen) atoms. The molecular weight excluding hydrogens is 937 g/mol. The van der Waals surface area contributed by atoms with E-state index in [0.29, 0.717) is 0 Å². The van der Waals surface area contributed by atoms with E-state index in [1.165, 1.54) is 65.7 Å². The summed E-state index contributed by atoms with van der Waals surface area (Å²) in [5.41, 5.74) is 0. The molecule has 0 unspecified atom stereocenters. The first-order valence-corrected chi connectivity index (χ1v) is 37.4. The summed E-state index contributed by atoms with van der Waals surface area (Å²) in [6.07, 6.45) is 0.560. The van der Waals surface area contributed by atoms with Gasteiger partial charge in [0.2, 0.25) is 0 Å². The highest BCUT2D eigenvalue weighted by Crippen LogP contribution is 2.36. The fraction of sp³-hybridized carbons (Fsp3) is 0.250. The third kappa shape index (κ3) is 10.3. The molecule has 2 fully saturated rings. The first-order valence-electron chi connectivity index (χ1n) is 26.6. The Morgan fingerprint density at radius 3 is 0.528 bits per heavy atom. The Hall–Kier alpha value is -5.53. The number of benzene rings is 8. The van der Waals surface area contributed by atoms with Crippen LogP contribution in [0.25, 0.3) is 0 Å². The number of hydrogen-bond donors (Lipinski definition) is 0. The van der Waals surface area contributed by atoms with Gasteiger partial charge in [0.05, 0.1) is 25.7 Å². The van der Waals surface area contributed by atoms with Crippen LogP contribution in [0.1, 0.15) is 0 Å². The van der Waals surface area contributed by atoms with Crippen LogP contribution in [0.4, 0.5) is 0 Å². The van der Waals surface area contributed by atoms with E-state index in [4.69, 9.17) is 0 Å². The maximum atomic E-state index is 2.96. The van der Waals surface area contributed by atoms with Crippen LogP contribution in [0.5, 0.6) is 0 Å². The van der Waals surface area contributed by atoms with Gasteiger partial charge in [0.1, 0.15) is 32.3 Å². The minimum atomic E-state index is -2.14. The standard InChI is InChI=1S/C64H74N4Si4/c1-69(55-29-13-5-14-30-55,56-31-15-6-16-32-56)49-45-65-53-66(46-50-70(2,57-33-17-7-18-34-57)58-35-19-8-20-36-58)64-63(65)67(47-51-71(3,59-37-21-9-22-38-59)60-39-23-10-24-40-60)54-68(64)48-52-72(4,61-41-25-11-26-42-61)62-43-27-12-28-44-62/h5-44,63-64H,45-54H2,1-4H3. The fourth-order valence-corrected chi connectivity index (χ4v) is 26.6. The Balaban J connectivity index is 1.05. The SMILES string of the molecule is C[Si](CCN1CN(CC[Si](C)(c2ccccc2)c2ccccc2)C2C1N(CC[Si](C)(c1ccccc1)c1ccccc1)CN2CC[Si](C)(c1ccccc1)c1ccccc1)(c1ccccc1)c1ccccc1. The quantitative estimate of drug-likeness (QED) is 0.0713. The summed E-state index contributed by atoms with van der Waals surface area (Å²) in [6, 6.07) is 97.0. The first kappa shape index (κ1) is 50.0. The smallest absolute Gasteiger partial charge is 0.116 e. The lowest BCUT2D eigenvalue weighted by Gasteiger charge is -2.36. The van der Waals surface area contributed by atoms with Gasteiger partial charge in [-0.1, -0.05) is 310 Å². The van der Waals surface area contributed by atoms with Crippen molar-refractivity contribution in [1.82, 2.24) is 19.6 Å². The summed E-state index contributed by atoms with van der Waals surface area (Å²) in [7, 11) is -8.54. The van der Waals surface area contributed by atoms with Crippen LogP contribution in [0.15, 0.2) is 243 Å². The zero-order valence-electron chi connectivity index (χ0n) is 43.1. The van der Waals surface area contributed by atoms with E-state index in [-0.39, 0.29) is 12.3 Å². The lowest BCUT2D eigenvalue weighted by atomic mass is 10.3. The zero-order chi connectivity index (χ0) is 49.4. The highest BCUT2D eigenvalue weighted by molar-refractivity contribution is 7.03. The summed E-state index contributed by atoms with van der Waals surface area (Å²) < 4.78 is 0. The van der Waals surface area contributed by atoms with Crippen LogP contribution >= 0.6 is 0 Å². The van der Waals surface area contributed by atoms with E-state index in [0.717, 1.165) is 39.5 Å². The molecule has 2 aliphatic rings. The van der Waals surface area contributed by atoms with Gasteiger partial charge >= 0.3 is 0 Å². The minimum absolute atomic E-state index is 0.280. The third-order valence-corrected chi connectivity index (χ3v) is 35.1. The molecular formula is C64H74N4Si4. The van der Waals surface area contributed by atoms with E-state index >= 15 is 0 Å². The summed E-state index contributed by atoms with van der Waals surface area (Å²) in [4.78, 5) is 11.8. The molecule has 0 bridgehead atoms. The van der Waals surface area contributed by atoms with Gasteiger partial charge in [0.15, 0.2) is 0 Å². The lowest BCUT2D eigenvalue weighted by Crippen LogP contribution is -2.59. The maximum absolute atomic E-state index is 2.96. The molecule has 0 atom stereocenters. The highest BCUT2D eigenvalue weighted by atomic mass is 28.3. The number of rotatable bonds is 20. The van der Waals surface area contributed by atoms with Crippen LogP contribution in [0, 0.1) is 0 Å². The van der Waals surface area contributed by atoms with Crippen LogP contribution in [0.3, 0.4) is 0 Å². The summed E-state index contributed by atoms with van der Waals surface area (Å²) in [5, 5.41) is 12.2. The van der Waals surface area contributed by atoms with Crippen molar-refractivity contribution in [2.75, 3.05) is 39.5 Å². The topological polar surface area (TPSA) is 13.0 Å². The van der Waals surface area contributed by atoms with Gasteiger partial charge in [-0.3, -0.25) is 19.6 Å². The van der Waals surface area contributed by atoms with Crippen molar-refractivity contribution >= 4 is 73.8 Å². The van der Waals surface area contributed by atoms with Gasteiger partial charge < -0.3 is 0 Å². The van der Waals surface area contributed by atoms with E-state index in [2.05, 4.69) is 288 Å². The predicted molar refractivity (Wildman–Crippen MR) is 318 cm³/mol. The van der Waals surface area contributed by atoms with Crippen molar-refractivity contribution in [1.29, 1.82) is 0 Å². The molecule has 0 amide bonds. The Morgan fingerprint density at radius 1 is 0.250 bits per heavy atom. The van der Waals surface area contributed by atoms with Crippen LogP contribution in [0.2, 0.25) is 50.4 Å². The van der Waals surface area contributed by atoms with Crippen molar-refractivity contribution in [3.8, 4) is 0 Å². The van der Waals surface area contributed by atoms with Crippen LogP contribution in [-0.4, -0.2) is 104 Å². The Bertz CT molecular complexity index is 2340. The molecule has 10 rings (SSSR count). The first-order chi connectivity index (χ1) is 35.2. The number of nitrogens with zero attached hydrogens (tertiary/aromatic N) is 4. The fourth-order valence-electron chi connectivity index (χ4n) is 12.6. The predicted octanol–water partition coefficient (Wildman–Crippen LogP) is 8.36. The van der Waals surface area contributed by atoms with Gasteiger partial charge in [-0.15, -0.1) is 0 Å². The molecule has 2 saturated heterocycles. The molecule has 8 aromatic rings. The summed E-state index contributed by atoms with van der Waals surface area (Å²) in [6.45, 7) is 16.7. The Morgan fingerprint density at radius 2 is 0.389 bits per heavy atom. The molecule has 2 aliphatic heterocycles. The number of fused-ring (bicyclic) bond motifs is 1. The molecule has 0 N–H and O–H groups in total. The van der Waals surface area contributed by atoms with E-state index in [1.807, 2.05) is 0 Å². The van der Waals surface area contributed by atoms with Crippen molar-refractivity contribution in [3.05, 3.63) is 243 Å². The molecule has 4 nitrogen and oxygen atoms in total. The van der Waals surface area contributed by atoms with Crippen molar-refractivity contribution in [2.24, 2.45) is 0 Å². The van der Waals surface area contributed by atoms with Crippen LogP contribution in [-0.2, 0) is 0 Å². The number of hydrogen-bond acceptors (Lipinski definition) is 4. The molecule has 0 saturated carbocycles. The van der Waals surface area contributed by atoms with Crippen molar-refractivity contribution in [2.45, 2.75) is 62.7 Å². The Kier molecular flexibility index (Phi) is 15.5. The lowest BCUT2D eigenvalue weighted by molar-refractivity contribution is 0.0930. The Labute approximate surface area is 435 Å². The molecule has 8 aromatic carbocycles. The molecule has 8 heteroatoms. The monoisotopic (exact) mass is 1010 g/mol. The zero-order valence-corrected chi connectivity index (χ0v) is 47.1. The molecule has 0 radical (unpaired) electrons. The van der Waals surface area contributed by atoms with Gasteiger partial charge in [-0.2, -0.15) is 0 Å². The van der Waals surface area contributed by atoms with Crippen molar-refractivity contribution < 1.29 is 0 Å². The second kappa shape index (κ2) is 22.3. The highest BCUT2D eigenvalue weighted by Gasteiger charge is 2.53. The largest absolute Gasteiger partial charge is 0.272 e. The van der Waals surface area contributed by atoms with Gasteiger partial charge in [0, 0.05) is 0 Å². The van der Waals surface area contributed by atoms with Crippen molar-refractivity contribution in [3.63, 3.8) is 0 Å². The van der Waals surface area contributed by atoms with Crippen LogP contribution < -0.4 is 41.5 Å². The van der Waals surface area contributed by atoms with E-state index < -0.39 is 32.3 Å². The molecule has 0 spiro atoms. The normalized spacial score (nSPS) is 17.3. The summed E-state index contributed by atoms with van der Waals surface area (Å²) in [5.74, 6) is 0. The molecule has 2 heterocycles. The minimum Gasteiger partial charge on any atom is -0.272 e. The van der Waals surface area contributed by atoms with Gasteiger partial charge in [0.25, 0.3) is 0 Å².